The molecule has 102 valence electrons. The summed E-state index contributed by atoms with van der Waals surface area (Å²) in [5.74, 6) is 0.618. The predicted octanol–water partition coefficient (Wildman–Crippen LogP) is 3.02. The highest BCUT2D eigenvalue weighted by molar-refractivity contribution is 5.24. The highest BCUT2D eigenvalue weighted by atomic mass is 15.1. The van der Waals surface area contributed by atoms with Crippen LogP contribution < -0.4 is 5.73 Å². The summed E-state index contributed by atoms with van der Waals surface area (Å²) in [6.07, 6.45) is 2.19. The van der Waals surface area contributed by atoms with Crippen LogP contribution in [0.15, 0.2) is 24.3 Å². The minimum atomic E-state index is 0.303. The van der Waals surface area contributed by atoms with Crippen LogP contribution in [-0.2, 0) is 6.42 Å². The fourth-order valence-corrected chi connectivity index (χ4v) is 1.92. The molecule has 0 amide bonds. The van der Waals surface area contributed by atoms with Gasteiger partial charge in [-0.25, -0.2) is 0 Å². The van der Waals surface area contributed by atoms with Crippen LogP contribution in [0.3, 0.4) is 0 Å². The van der Waals surface area contributed by atoms with Gasteiger partial charge in [-0.3, -0.25) is 0 Å². The standard InChI is InChI=1S/C16H28N2/c1-13(2)16-7-5-15(6-8-16)10-12-18(4)11-9-14(3)17/h5-8,13-14H,9-12,17H2,1-4H3. The van der Waals surface area contributed by atoms with Crippen molar-refractivity contribution in [3.63, 3.8) is 0 Å². The molecule has 0 radical (unpaired) electrons. The van der Waals surface area contributed by atoms with Gasteiger partial charge in [-0.1, -0.05) is 38.1 Å². The maximum absolute atomic E-state index is 5.77. The fourth-order valence-electron chi connectivity index (χ4n) is 1.92. The van der Waals surface area contributed by atoms with E-state index in [4.69, 9.17) is 5.73 Å². The third-order valence-corrected chi connectivity index (χ3v) is 3.39. The molecule has 0 bridgehead atoms. The molecule has 1 aromatic rings. The van der Waals surface area contributed by atoms with E-state index in [0.717, 1.165) is 25.9 Å². The molecule has 0 saturated carbocycles. The Bertz CT molecular complexity index is 327. The van der Waals surface area contributed by atoms with E-state index in [9.17, 15) is 0 Å². The molecule has 0 heterocycles. The van der Waals surface area contributed by atoms with Crippen LogP contribution >= 0.6 is 0 Å². The molecule has 0 saturated heterocycles. The van der Waals surface area contributed by atoms with Crippen LogP contribution in [0.1, 0.15) is 44.2 Å². The number of nitrogens with zero attached hydrogens (tertiary/aromatic N) is 1. The summed E-state index contributed by atoms with van der Waals surface area (Å²) in [7, 11) is 2.17. The van der Waals surface area contributed by atoms with Crippen molar-refractivity contribution >= 4 is 0 Å². The summed E-state index contributed by atoms with van der Waals surface area (Å²) in [6.45, 7) is 8.72. The summed E-state index contributed by atoms with van der Waals surface area (Å²) in [4.78, 5) is 2.36. The SMILES string of the molecule is CC(N)CCN(C)CCc1ccc(C(C)C)cc1. The molecular weight excluding hydrogens is 220 g/mol. The Morgan fingerprint density at radius 3 is 2.17 bits per heavy atom. The minimum Gasteiger partial charge on any atom is -0.328 e. The van der Waals surface area contributed by atoms with Crippen molar-refractivity contribution < 1.29 is 0 Å². The van der Waals surface area contributed by atoms with Crippen molar-refractivity contribution in [2.24, 2.45) is 5.73 Å². The average molecular weight is 248 g/mol. The zero-order chi connectivity index (χ0) is 13.5. The van der Waals surface area contributed by atoms with Gasteiger partial charge in [0.1, 0.15) is 0 Å². The third kappa shape index (κ3) is 5.65. The quantitative estimate of drug-likeness (QED) is 0.803. The molecule has 18 heavy (non-hydrogen) atoms. The molecule has 1 aromatic carbocycles. The third-order valence-electron chi connectivity index (χ3n) is 3.39. The van der Waals surface area contributed by atoms with Gasteiger partial charge in [0.05, 0.1) is 0 Å². The van der Waals surface area contributed by atoms with Gasteiger partial charge >= 0.3 is 0 Å². The second kappa shape index (κ2) is 7.55. The normalized spacial score (nSPS) is 13.3. The summed E-state index contributed by atoms with van der Waals surface area (Å²) in [5.41, 5.74) is 8.61. The largest absolute Gasteiger partial charge is 0.328 e. The summed E-state index contributed by atoms with van der Waals surface area (Å²) in [5, 5.41) is 0. The van der Waals surface area contributed by atoms with Crippen LogP contribution in [0.5, 0.6) is 0 Å². The number of rotatable bonds is 7. The van der Waals surface area contributed by atoms with E-state index in [1.807, 2.05) is 0 Å². The minimum absolute atomic E-state index is 0.303. The van der Waals surface area contributed by atoms with Gasteiger partial charge in [-0.05, 0) is 50.4 Å². The first-order valence-corrected chi connectivity index (χ1v) is 7.02. The maximum atomic E-state index is 5.77. The lowest BCUT2D eigenvalue weighted by atomic mass is 10.0. The number of hydrogen-bond acceptors (Lipinski definition) is 2. The van der Waals surface area contributed by atoms with E-state index in [1.165, 1.54) is 11.1 Å². The number of hydrogen-bond donors (Lipinski definition) is 1. The molecule has 2 N–H and O–H groups in total. The van der Waals surface area contributed by atoms with Crippen molar-refractivity contribution in [3.05, 3.63) is 35.4 Å². The monoisotopic (exact) mass is 248 g/mol. The highest BCUT2D eigenvalue weighted by Crippen LogP contribution is 2.15. The Morgan fingerprint density at radius 1 is 1.06 bits per heavy atom. The van der Waals surface area contributed by atoms with Crippen molar-refractivity contribution in [2.75, 3.05) is 20.1 Å². The Labute approximate surface area is 112 Å². The summed E-state index contributed by atoms with van der Waals surface area (Å²) < 4.78 is 0. The van der Waals surface area contributed by atoms with Gasteiger partial charge in [0.25, 0.3) is 0 Å². The zero-order valence-electron chi connectivity index (χ0n) is 12.3. The lowest BCUT2D eigenvalue weighted by Crippen LogP contribution is -2.27. The summed E-state index contributed by atoms with van der Waals surface area (Å²) >= 11 is 0. The fraction of sp³-hybridized carbons (Fsp3) is 0.625. The maximum Gasteiger partial charge on any atom is 0.00226 e. The van der Waals surface area contributed by atoms with E-state index in [1.54, 1.807) is 0 Å². The van der Waals surface area contributed by atoms with Gasteiger partial charge in [-0.15, -0.1) is 0 Å². The van der Waals surface area contributed by atoms with Gasteiger partial charge in [0.15, 0.2) is 0 Å². The first kappa shape index (κ1) is 15.2. The predicted molar refractivity (Wildman–Crippen MR) is 80.0 cm³/mol. The van der Waals surface area contributed by atoms with Crippen molar-refractivity contribution in [1.29, 1.82) is 0 Å². The van der Waals surface area contributed by atoms with Gasteiger partial charge in [0.2, 0.25) is 0 Å². The molecule has 1 rings (SSSR count). The van der Waals surface area contributed by atoms with Gasteiger partial charge in [-0.2, -0.15) is 0 Å². The Morgan fingerprint density at radius 2 is 1.67 bits per heavy atom. The highest BCUT2D eigenvalue weighted by Gasteiger charge is 2.02. The molecule has 0 aliphatic carbocycles. The van der Waals surface area contributed by atoms with Gasteiger partial charge in [0, 0.05) is 12.6 Å². The van der Waals surface area contributed by atoms with Crippen LogP contribution in [0.4, 0.5) is 0 Å². The topological polar surface area (TPSA) is 29.3 Å². The Kier molecular flexibility index (Phi) is 6.37. The molecule has 2 heteroatoms. The van der Waals surface area contributed by atoms with Crippen molar-refractivity contribution in [2.45, 2.75) is 45.6 Å². The van der Waals surface area contributed by atoms with E-state index < -0.39 is 0 Å². The molecule has 2 nitrogen and oxygen atoms in total. The molecule has 0 aliphatic rings. The number of benzene rings is 1. The molecule has 0 spiro atoms. The average Bonchev–Trinajstić information content (AvgIpc) is 2.34. The van der Waals surface area contributed by atoms with Crippen LogP contribution in [0.2, 0.25) is 0 Å². The molecule has 1 unspecified atom stereocenters. The van der Waals surface area contributed by atoms with Crippen molar-refractivity contribution in [1.82, 2.24) is 4.90 Å². The van der Waals surface area contributed by atoms with Crippen LogP contribution in [0, 0.1) is 0 Å². The van der Waals surface area contributed by atoms with Crippen LogP contribution in [-0.4, -0.2) is 31.1 Å². The first-order chi connectivity index (χ1) is 8.49. The lowest BCUT2D eigenvalue weighted by molar-refractivity contribution is 0.324. The second-order valence-corrected chi connectivity index (χ2v) is 5.72. The Hall–Kier alpha value is -0.860. The van der Waals surface area contributed by atoms with E-state index in [2.05, 4.69) is 57.0 Å². The molecular formula is C16H28N2. The van der Waals surface area contributed by atoms with Gasteiger partial charge < -0.3 is 10.6 Å². The van der Waals surface area contributed by atoms with Crippen molar-refractivity contribution in [3.8, 4) is 0 Å². The van der Waals surface area contributed by atoms with E-state index >= 15 is 0 Å². The number of likely N-dealkylation sites (N-methyl/N-ethyl adjacent to an activating group) is 1. The number of nitrogens with two attached hydrogens (primary N) is 1. The second-order valence-electron chi connectivity index (χ2n) is 5.72. The molecule has 1 atom stereocenters. The zero-order valence-corrected chi connectivity index (χ0v) is 12.3. The summed E-state index contributed by atoms with van der Waals surface area (Å²) in [6, 6.07) is 9.32. The lowest BCUT2D eigenvalue weighted by Gasteiger charge is -2.17. The Balaban J connectivity index is 2.34. The van der Waals surface area contributed by atoms with Crippen LogP contribution in [0.25, 0.3) is 0 Å². The molecule has 0 fully saturated rings. The molecule has 0 aliphatic heterocycles. The first-order valence-electron chi connectivity index (χ1n) is 7.02. The van der Waals surface area contributed by atoms with E-state index in [-0.39, 0.29) is 0 Å². The smallest absolute Gasteiger partial charge is 0.00226 e. The van der Waals surface area contributed by atoms with E-state index in [0.29, 0.717) is 12.0 Å². The molecule has 0 aromatic heterocycles.